The largest absolute Gasteiger partial charge is 0.493 e. The zero-order valence-electron chi connectivity index (χ0n) is 27.3. The lowest BCUT2D eigenvalue weighted by atomic mass is 10.1. The third kappa shape index (κ3) is 8.96. The van der Waals surface area contributed by atoms with Gasteiger partial charge in [0.05, 0.1) is 25.0 Å². The summed E-state index contributed by atoms with van der Waals surface area (Å²) in [6.45, 7) is 6.09. The molecule has 1 aliphatic rings. The van der Waals surface area contributed by atoms with Crippen molar-refractivity contribution in [1.29, 1.82) is 0 Å². The average Bonchev–Trinajstić information content (AvgIpc) is 3.54. The van der Waals surface area contributed by atoms with Gasteiger partial charge in [0, 0.05) is 53.2 Å². The summed E-state index contributed by atoms with van der Waals surface area (Å²) in [4.78, 5) is 39.5. The van der Waals surface area contributed by atoms with Crippen molar-refractivity contribution < 1.29 is 24.2 Å². The Kier molecular flexibility index (Phi) is 11.8. The number of carboxylic acids is 1. The molecule has 0 saturated heterocycles. The molecule has 0 saturated carbocycles. The molecule has 0 aliphatic carbocycles. The minimum absolute atomic E-state index is 0.0958. The van der Waals surface area contributed by atoms with Crippen molar-refractivity contribution in [3.05, 3.63) is 89.7 Å². The van der Waals surface area contributed by atoms with E-state index in [1.54, 1.807) is 17.8 Å². The summed E-state index contributed by atoms with van der Waals surface area (Å²) in [6, 6.07) is 18.3. The number of nitrogens with two attached hydrogens (primary N) is 1. The van der Waals surface area contributed by atoms with E-state index in [9.17, 15) is 14.4 Å². The average molecular weight is 671 g/mol. The lowest BCUT2D eigenvalue weighted by Gasteiger charge is -2.30. The van der Waals surface area contributed by atoms with E-state index in [0.29, 0.717) is 51.2 Å². The fraction of sp³-hybridized carbons (Fsp3) is 0.333. The molecule has 48 heavy (non-hydrogen) atoms. The Morgan fingerprint density at radius 3 is 2.73 bits per heavy atom. The van der Waals surface area contributed by atoms with Crippen LogP contribution in [-0.4, -0.2) is 64.3 Å². The summed E-state index contributed by atoms with van der Waals surface area (Å²) in [5.74, 6) is 0.724. The van der Waals surface area contributed by atoms with Crippen LogP contribution in [0.2, 0.25) is 0 Å². The first-order valence-corrected chi connectivity index (χ1v) is 17.1. The molecule has 0 radical (unpaired) electrons. The fourth-order valence-corrected chi connectivity index (χ4v) is 6.65. The lowest BCUT2D eigenvalue weighted by Crippen LogP contribution is -2.35. The van der Waals surface area contributed by atoms with Gasteiger partial charge in [-0.05, 0) is 74.1 Å². The summed E-state index contributed by atoms with van der Waals surface area (Å²) in [5.41, 5.74) is 12.3. The van der Waals surface area contributed by atoms with Gasteiger partial charge < -0.3 is 31.1 Å². The summed E-state index contributed by atoms with van der Waals surface area (Å²) in [6.07, 6.45) is 5.63. The Labute approximate surface area is 284 Å². The number of urea groups is 1. The predicted octanol–water partition coefficient (Wildman–Crippen LogP) is 5.83. The first-order valence-electron chi connectivity index (χ1n) is 16.1. The van der Waals surface area contributed by atoms with Crippen LogP contribution in [0.1, 0.15) is 42.4 Å². The van der Waals surface area contributed by atoms with Crippen molar-refractivity contribution in [2.45, 2.75) is 57.0 Å². The maximum absolute atomic E-state index is 13.3. The molecule has 1 aromatic heterocycles. The number of thioether (sulfide) groups is 1. The van der Waals surface area contributed by atoms with Gasteiger partial charge in [0.25, 0.3) is 0 Å². The van der Waals surface area contributed by atoms with Crippen LogP contribution < -0.4 is 26.0 Å². The van der Waals surface area contributed by atoms with Gasteiger partial charge in [-0.25, -0.2) is 4.79 Å². The number of aliphatic carboxylic acids is 1. The number of hydrogen-bond donors (Lipinski definition) is 4. The van der Waals surface area contributed by atoms with Crippen LogP contribution in [0.3, 0.4) is 0 Å². The number of rotatable bonds is 14. The molecule has 11 nitrogen and oxygen atoms in total. The van der Waals surface area contributed by atoms with Gasteiger partial charge in [0.15, 0.2) is 0 Å². The molecule has 5 N–H and O–H groups in total. The van der Waals surface area contributed by atoms with Gasteiger partial charge in [-0.1, -0.05) is 36.4 Å². The third-order valence-corrected chi connectivity index (χ3v) is 9.37. The number of ether oxygens (including phenoxy) is 1. The highest BCUT2D eigenvalue weighted by molar-refractivity contribution is 7.99. The molecule has 0 unspecified atom stereocenters. The van der Waals surface area contributed by atoms with Gasteiger partial charge >= 0.3 is 12.0 Å². The summed E-state index contributed by atoms with van der Waals surface area (Å²) < 4.78 is 7.83. The number of amides is 3. The second-order valence-electron chi connectivity index (χ2n) is 11.8. The molecule has 0 bridgehead atoms. The van der Waals surface area contributed by atoms with Crippen molar-refractivity contribution >= 4 is 41.0 Å². The molecule has 4 aromatic rings. The second kappa shape index (κ2) is 16.3. The molecular weight excluding hydrogens is 629 g/mol. The van der Waals surface area contributed by atoms with Crippen molar-refractivity contribution in [1.82, 2.24) is 15.1 Å². The number of carboxylic acid groups (broad SMARTS) is 1. The fourth-order valence-electron chi connectivity index (χ4n) is 5.50. The smallest absolute Gasteiger partial charge is 0.320 e. The molecular formula is C36H42N6O5S. The van der Waals surface area contributed by atoms with E-state index in [-0.39, 0.29) is 18.4 Å². The van der Waals surface area contributed by atoms with Crippen molar-refractivity contribution in [2.75, 3.05) is 35.7 Å². The quantitative estimate of drug-likeness (QED) is 0.122. The van der Waals surface area contributed by atoms with Crippen molar-refractivity contribution in [2.24, 2.45) is 5.73 Å². The maximum atomic E-state index is 13.3. The zero-order valence-corrected chi connectivity index (χ0v) is 28.1. The molecule has 252 valence electrons. The highest BCUT2D eigenvalue weighted by Crippen LogP contribution is 2.42. The minimum atomic E-state index is -1.05. The van der Waals surface area contributed by atoms with E-state index in [1.807, 2.05) is 71.4 Å². The molecule has 12 heteroatoms. The van der Waals surface area contributed by atoms with Crippen LogP contribution in [0.4, 0.5) is 16.2 Å². The topological polar surface area (TPSA) is 152 Å². The minimum Gasteiger partial charge on any atom is -0.493 e. The van der Waals surface area contributed by atoms with E-state index in [1.165, 1.54) is 5.56 Å². The number of hydrogen-bond acceptors (Lipinski definition) is 7. The van der Waals surface area contributed by atoms with Gasteiger partial charge in [0.1, 0.15) is 11.8 Å². The summed E-state index contributed by atoms with van der Waals surface area (Å²) in [5, 5.41) is 19.0. The number of aryl methyl sites for hydroxylation is 1. The first kappa shape index (κ1) is 34.5. The predicted molar refractivity (Wildman–Crippen MR) is 189 cm³/mol. The Balaban J connectivity index is 1.16. The summed E-state index contributed by atoms with van der Waals surface area (Å²) >= 11 is 1.76. The van der Waals surface area contributed by atoms with Crippen molar-refractivity contribution in [3.8, 4) is 16.9 Å². The number of nitrogens with zero attached hydrogens (tertiary/aromatic N) is 3. The van der Waals surface area contributed by atoms with Crippen LogP contribution in [0.5, 0.6) is 5.75 Å². The number of fused-ring (bicyclic) bond motifs is 1. The van der Waals surface area contributed by atoms with Crippen LogP contribution in [-0.2, 0) is 16.1 Å². The molecule has 0 spiro atoms. The number of nitrogens with one attached hydrogen (secondary N) is 2. The van der Waals surface area contributed by atoms with E-state index in [0.717, 1.165) is 44.3 Å². The highest BCUT2D eigenvalue weighted by Gasteiger charge is 2.25. The molecule has 3 aromatic carbocycles. The molecule has 0 fully saturated rings. The third-order valence-electron chi connectivity index (χ3n) is 8.26. The van der Waals surface area contributed by atoms with Crippen LogP contribution >= 0.6 is 11.8 Å². The summed E-state index contributed by atoms with van der Waals surface area (Å²) in [7, 11) is 0. The molecule has 1 atom stereocenters. The SMILES string of the molecule is Cc1cccc(OCCCC(=O)N2CCSc3c(-c4cnn(Cc5cccc(NC(=O)NCCC[C@H](N)C(=O)O)c5)c4)cccc32)c1C. The number of anilines is 2. The van der Waals surface area contributed by atoms with Gasteiger partial charge in [-0.2, -0.15) is 5.10 Å². The Morgan fingerprint density at radius 1 is 1.08 bits per heavy atom. The van der Waals surface area contributed by atoms with E-state index in [2.05, 4.69) is 34.8 Å². The molecule has 5 rings (SSSR count). The van der Waals surface area contributed by atoms with Gasteiger partial charge in [-0.15, -0.1) is 11.8 Å². The molecule has 2 heterocycles. The van der Waals surface area contributed by atoms with Gasteiger partial charge in [0.2, 0.25) is 5.91 Å². The van der Waals surface area contributed by atoms with E-state index in [4.69, 9.17) is 15.6 Å². The van der Waals surface area contributed by atoms with Crippen molar-refractivity contribution in [3.63, 3.8) is 0 Å². The monoisotopic (exact) mass is 670 g/mol. The van der Waals surface area contributed by atoms with E-state index < -0.39 is 12.0 Å². The van der Waals surface area contributed by atoms with Crippen LogP contribution in [0.25, 0.3) is 11.1 Å². The van der Waals surface area contributed by atoms with Gasteiger partial charge in [-0.3, -0.25) is 14.3 Å². The Morgan fingerprint density at radius 2 is 1.90 bits per heavy atom. The first-order chi connectivity index (χ1) is 23.2. The van der Waals surface area contributed by atoms with Crippen LogP contribution in [0, 0.1) is 13.8 Å². The highest BCUT2D eigenvalue weighted by atomic mass is 32.2. The maximum Gasteiger partial charge on any atom is 0.320 e. The second-order valence-corrected chi connectivity index (χ2v) is 12.9. The number of carbonyl (C=O) groups excluding carboxylic acids is 2. The Hall–Kier alpha value is -4.81. The number of carbonyl (C=O) groups is 3. The number of aromatic nitrogens is 2. The Bertz CT molecular complexity index is 1760. The zero-order chi connectivity index (χ0) is 34.0. The molecule has 1 aliphatic heterocycles. The normalized spacial score (nSPS) is 13.0. The standard InChI is InChI=1S/C36H42N6O5S/c1-24-8-3-14-32(25(24)2)47-18-7-15-33(43)42-17-19-48-34-29(11-5-13-31(34)42)27-21-39-41(23-27)22-26-9-4-10-28(20-26)40-36(46)38-16-6-12-30(37)35(44)45/h3-5,8-11,13-14,20-21,23,30H,6-7,12,15-19,22,37H2,1-2H3,(H,44,45)(H2,38,40,46)/t30-/m0/s1. The molecule has 3 amide bonds. The van der Waals surface area contributed by atoms with Crippen LogP contribution in [0.15, 0.2) is 78.0 Å². The van der Waals surface area contributed by atoms with E-state index >= 15 is 0 Å². The lowest BCUT2D eigenvalue weighted by molar-refractivity contribution is -0.138. The number of benzene rings is 3.